The summed E-state index contributed by atoms with van der Waals surface area (Å²) in [5.74, 6) is 0. The van der Waals surface area contributed by atoms with Gasteiger partial charge in [-0.05, 0) is 18.2 Å². The molecule has 0 fully saturated rings. The Morgan fingerprint density at radius 2 is 2.20 bits per heavy atom. The fourth-order valence-electron chi connectivity index (χ4n) is 1.41. The third-order valence-corrected chi connectivity index (χ3v) is 5.47. The fraction of sp³-hybridized carbons (Fsp3) is 0. The molecule has 2 N–H and O–H groups in total. The molecule has 3 aromatic rings. The lowest BCUT2D eigenvalue weighted by Crippen LogP contribution is -2.14. The van der Waals surface area contributed by atoms with Crippen molar-refractivity contribution >= 4 is 55.1 Å². The molecule has 1 aromatic carbocycles. The Morgan fingerprint density at radius 3 is 2.90 bits per heavy atom. The second kappa shape index (κ2) is 4.90. The Morgan fingerprint density at radius 1 is 1.40 bits per heavy atom. The maximum Gasteiger partial charge on any atom is 0.267 e. The molecule has 0 atom stereocenters. The summed E-state index contributed by atoms with van der Waals surface area (Å²) in [5, 5.41) is 9.50. The Balaban J connectivity index is 2.20. The molecule has 11 heteroatoms. The first-order chi connectivity index (χ1) is 9.43. The monoisotopic (exact) mass is 347 g/mol. The summed E-state index contributed by atoms with van der Waals surface area (Å²) < 4.78 is 27.7. The lowest BCUT2D eigenvalue weighted by Gasteiger charge is -1.92. The minimum Gasteiger partial charge on any atom is -0.223 e. The van der Waals surface area contributed by atoms with Crippen molar-refractivity contribution in [2.45, 2.75) is 4.34 Å². The van der Waals surface area contributed by atoms with Crippen LogP contribution in [-0.4, -0.2) is 22.4 Å². The smallest absolute Gasteiger partial charge is 0.223 e. The molecule has 0 saturated heterocycles. The minimum atomic E-state index is -3.84. The first kappa shape index (κ1) is 13.6. The number of hydrogen-bond acceptors (Lipinski definition) is 7. The van der Waals surface area contributed by atoms with E-state index in [1.54, 1.807) is 24.3 Å². The average Bonchev–Trinajstić information content (AvgIpc) is 2.91. The zero-order valence-electron chi connectivity index (χ0n) is 9.59. The van der Waals surface area contributed by atoms with Gasteiger partial charge in [0.05, 0.1) is 5.69 Å². The molecule has 2 aromatic heterocycles. The van der Waals surface area contributed by atoms with Crippen LogP contribution in [0.3, 0.4) is 0 Å². The van der Waals surface area contributed by atoms with Crippen LogP contribution in [0.2, 0.25) is 5.02 Å². The number of halogens is 1. The molecule has 2 heterocycles. The van der Waals surface area contributed by atoms with Crippen molar-refractivity contribution in [3.63, 3.8) is 0 Å². The number of aromatic nitrogens is 3. The van der Waals surface area contributed by atoms with Gasteiger partial charge in [0.25, 0.3) is 10.0 Å². The van der Waals surface area contributed by atoms with E-state index in [9.17, 15) is 8.42 Å². The van der Waals surface area contributed by atoms with Gasteiger partial charge in [-0.25, -0.2) is 18.5 Å². The molecule has 3 rings (SSSR count). The molecule has 0 saturated carbocycles. The molecule has 0 radical (unpaired) electrons. The molecule has 0 aliphatic carbocycles. The van der Waals surface area contributed by atoms with Gasteiger partial charge in [-0.1, -0.05) is 29.0 Å². The summed E-state index contributed by atoms with van der Waals surface area (Å²) >= 11 is 7.87. The maximum atomic E-state index is 11.3. The quantitative estimate of drug-likeness (QED) is 0.756. The van der Waals surface area contributed by atoms with Crippen molar-refractivity contribution in [2.75, 3.05) is 0 Å². The van der Waals surface area contributed by atoms with Gasteiger partial charge in [0.15, 0.2) is 0 Å². The van der Waals surface area contributed by atoms with Crippen LogP contribution in [0.1, 0.15) is 0 Å². The van der Waals surface area contributed by atoms with Gasteiger partial charge in [0.1, 0.15) is 0 Å². The van der Waals surface area contributed by atoms with Gasteiger partial charge in [-0.3, -0.25) is 0 Å². The van der Waals surface area contributed by atoms with Crippen LogP contribution in [0.5, 0.6) is 0 Å². The highest BCUT2D eigenvalue weighted by Crippen LogP contribution is 2.19. The van der Waals surface area contributed by atoms with Gasteiger partial charge in [-0.2, -0.15) is 8.89 Å². The topological polar surface area (TPSA) is 103 Å². The number of rotatable bonds is 2. The Bertz CT molecular complexity index is 955. The van der Waals surface area contributed by atoms with Crippen LogP contribution in [-0.2, 0) is 10.0 Å². The molecule has 0 amide bonds. The van der Waals surface area contributed by atoms with E-state index in [4.69, 9.17) is 16.7 Å². The average molecular weight is 348 g/mol. The van der Waals surface area contributed by atoms with Crippen LogP contribution < -0.4 is 9.94 Å². The second-order valence-corrected chi connectivity index (χ2v) is 7.52. The lowest BCUT2D eigenvalue weighted by atomic mass is 10.3. The number of benzene rings is 1. The Hall–Kier alpha value is -1.33. The third-order valence-electron chi connectivity index (χ3n) is 2.20. The van der Waals surface area contributed by atoms with Gasteiger partial charge in [0.2, 0.25) is 14.1 Å². The van der Waals surface area contributed by atoms with Gasteiger partial charge in [0, 0.05) is 16.6 Å². The molecule has 0 unspecified atom stereocenters. The van der Waals surface area contributed by atoms with Crippen molar-refractivity contribution in [3.8, 4) is 0 Å². The van der Waals surface area contributed by atoms with E-state index >= 15 is 0 Å². The normalized spacial score (nSPS) is 13.2. The minimum absolute atomic E-state index is 0.199. The Kier molecular flexibility index (Phi) is 3.34. The molecule has 0 aliphatic heterocycles. The van der Waals surface area contributed by atoms with Gasteiger partial charge in [-0.15, -0.1) is 5.10 Å². The zero-order chi connectivity index (χ0) is 14.3. The van der Waals surface area contributed by atoms with Crippen LogP contribution in [0.4, 0.5) is 5.69 Å². The van der Waals surface area contributed by atoms with E-state index in [1.165, 1.54) is 4.52 Å². The van der Waals surface area contributed by atoms with Crippen LogP contribution in [0.15, 0.2) is 33.6 Å². The molecular formula is C9H6ClN5O2S3. The van der Waals surface area contributed by atoms with Gasteiger partial charge >= 0.3 is 0 Å². The van der Waals surface area contributed by atoms with Crippen LogP contribution >= 0.6 is 34.5 Å². The number of primary sulfonamides is 1. The molecule has 20 heavy (non-hydrogen) atoms. The van der Waals surface area contributed by atoms with Crippen molar-refractivity contribution in [2.24, 2.45) is 10.1 Å². The third kappa shape index (κ3) is 2.60. The van der Waals surface area contributed by atoms with E-state index in [1.807, 2.05) is 0 Å². The second-order valence-electron chi connectivity index (χ2n) is 3.66. The molecule has 0 bridgehead atoms. The number of hydrogen-bond donors (Lipinski definition) is 1. The molecule has 0 spiro atoms. The molecule has 7 nitrogen and oxygen atoms in total. The highest BCUT2D eigenvalue weighted by molar-refractivity contribution is 7.91. The highest BCUT2D eigenvalue weighted by atomic mass is 35.5. The van der Waals surface area contributed by atoms with E-state index in [0.717, 1.165) is 22.9 Å². The van der Waals surface area contributed by atoms with E-state index in [0.29, 0.717) is 20.5 Å². The van der Waals surface area contributed by atoms with Gasteiger partial charge < -0.3 is 0 Å². The van der Waals surface area contributed by atoms with E-state index in [2.05, 4.69) is 14.5 Å². The summed E-state index contributed by atoms with van der Waals surface area (Å²) in [5.41, 5.74) is 0.626. The number of fused-ring (bicyclic) bond motifs is 1. The largest absolute Gasteiger partial charge is 0.267 e. The standard InChI is InChI=1S/C9H6ClN5O2S3/c10-5-2-1-3-6(4-5)12-7-15-8(14-19-7)18-9(13-15)20(11,16)17/h1-4H,(H2,11,16,17). The van der Waals surface area contributed by atoms with E-state index in [-0.39, 0.29) is 4.34 Å². The summed E-state index contributed by atoms with van der Waals surface area (Å²) in [7, 11) is -3.84. The summed E-state index contributed by atoms with van der Waals surface area (Å²) in [6.07, 6.45) is 0. The number of nitrogens with two attached hydrogens (primary N) is 1. The summed E-state index contributed by atoms with van der Waals surface area (Å²) in [6.45, 7) is 0. The summed E-state index contributed by atoms with van der Waals surface area (Å²) in [4.78, 5) is 5.18. The fourth-order valence-corrected chi connectivity index (χ4v) is 3.87. The predicted molar refractivity (Wildman–Crippen MR) is 76.8 cm³/mol. The van der Waals surface area contributed by atoms with Crippen molar-refractivity contribution < 1.29 is 8.42 Å². The Labute approximate surface area is 126 Å². The summed E-state index contributed by atoms with van der Waals surface area (Å²) in [6, 6.07) is 6.95. The predicted octanol–water partition coefficient (Wildman–Crippen LogP) is 1.39. The van der Waals surface area contributed by atoms with Crippen LogP contribution in [0.25, 0.3) is 4.96 Å². The molecule has 104 valence electrons. The maximum absolute atomic E-state index is 11.3. The first-order valence-corrected chi connectivity index (χ1v) is 8.63. The molecular weight excluding hydrogens is 342 g/mol. The SMILES string of the molecule is NS(=O)(=O)c1nn2c(=Nc3cccc(Cl)c3)snc2s1. The number of nitrogens with zero attached hydrogens (tertiary/aromatic N) is 4. The van der Waals surface area contributed by atoms with Crippen molar-refractivity contribution in [1.29, 1.82) is 0 Å². The molecule has 0 aliphatic rings. The van der Waals surface area contributed by atoms with Crippen molar-refractivity contribution in [3.05, 3.63) is 34.1 Å². The number of sulfonamides is 1. The zero-order valence-corrected chi connectivity index (χ0v) is 12.8. The highest BCUT2D eigenvalue weighted by Gasteiger charge is 2.16. The first-order valence-electron chi connectivity index (χ1n) is 5.12. The van der Waals surface area contributed by atoms with Crippen LogP contribution in [0, 0.1) is 0 Å². The lowest BCUT2D eigenvalue weighted by molar-refractivity contribution is 0.594. The van der Waals surface area contributed by atoms with Crippen molar-refractivity contribution in [1.82, 2.24) is 14.0 Å². The van der Waals surface area contributed by atoms with E-state index < -0.39 is 10.0 Å².